The number of ether oxygens (including phenoxy) is 4. The first-order valence-electron chi connectivity index (χ1n) is 35.7. The predicted octanol–water partition coefficient (Wildman–Crippen LogP) is 14.6. The zero-order valence-corrected chi connectivity index (χ0v) is 55.0. The number of rotatable bonds is 58. The van der Waals surface area contributed by atoms with Gasteiger partial charge < -0.3 is 65.1 Å². The van der Waals surface area contributed by atoms with Crippen LogP contribution in [0.25, 0.3) is 0 Å². The molecule has 87 heavy (non-hydrogen) atoms. The Morgan fingerprint density at radius 2 is 0.805 bits per heavy atom. The van der Waals surface area contributed by atoms with Gasteiger partial charge in [0.25, 0.3) is 0 Å². The monoisotopic (exact) mass is 1230 g/mol. The van der Waals surface area contributed by atoms with Crippen molar-refractivity contribution in [3.05, 3.63) is 72.9 Å². The van der Waals surface area contributed by atoms with E-state index >= 15 is 0 Å². The number of unbranched alkanes of at least 4 members (excludes halogenated alkanes) is 35. The Morgan fingerprint density at radius 1 is 0.425 bits per heavy atom. The summed E-state index contributed by atoms with van der Waals surface area (Å²) in [7, 11) is 0. The SMILES string of the molecule is CC/C=C\C/C=C\C/C=C\C/C=C\CCCCCCCCCCCCCCCCCCC(=O)NC(COC1OC(CO)C(OC2OC(CO)C(O)C(O)C2O)C(O)C1O)C(O)/C=C/CC/C=C/CCCCCCCCCCCCCCCCCCCC. The fraction of sp³-hybridized carbons (Fsp3) is 0.822. The third-order valence-corrected chi connectivity index (χ3v) is 17.1. The molecule has 0 saturated carbocycles. The molecule has 12 atom stereocenters. The molecule has 14 heteroatoms. The molecular weight excluding hydrogens is 1100 g/mol. The molecule has 14 nitrogen and oxygen atoms in total. The van der Waals surface area contributed by atoms with Gasteiger partial charge in [-0.2, -0.15) is 0 Å². The molecule has 0 spiro atoms. The minimum Gasteiger partial charge on any atom is -0.394 e. The fourth-order valence-electron chi connectivity index (χ4n) is 11.5. The van der Waals surface area contributed by atoms with E-state index in [1.165, 1.54) is 199 Å². The zero-order valence-electron chi connectivity index (χ0n) is 55.0. The van der Waals surface area contributed by atoms with Gasteiger partial charge >= 0.3 is 0 Å². The third kappa shape index (κ3) is 41.5. The number of carbonyl (C=O) groups excluding carboxylic acids is 1. The van der Waals surface area contributed by atoms with E-state index < -0.39 is 86.8 Å². The molecule has 9 N–H and O–H groups in total. The lowest BCUT2D eigenvalue weighted by molar-refractivity contribution is -0.359. The normalized spacial score (nSPS) is 23.7. The zero-order chi connectivity index (χ0) is 63.1. The highest BCUT2D eigenvalue weighted by molar-refractivity contribution is 5.76. The third-order valence-electron chi connectivity index (χ3n) is 17.1. The Labute approximate surface area is 529 Å². The molecule has 0 aromatic rings. The van der Waals surface area contributed by atoms with Crippen molar-refractivity contribution in [1.82, 2.24) is 5.32 Å². The number of nitrogens with one attached hydrogen (secondary N) is 1. The average molecular weight is 1230 g/mol. The van der Waals surface area contributed by atoms with Gasteiger partial charge in [0.1, 0.15) is 48.8 Å². The number of amides is 1. The molecule has 0 bridgehead atoms. The van der Waals surface area contributed by atoms with Crippen molar-refractivity contribution in [2.45, 2.75) is 364 Å². The number of aliphatic hydroxyl groups is 8. The standard InChI is InChI=1S/C73H131NO13/c1-3-5-7-9-11-13-15-17-19-21-23-25-27-29-30-31-32-33-35-37-39-41-43-45-47-49-51-53-55-57-65(78)74-61(60-84-72-70(83)68(81)71(64(59-76)86-72)87-73-69(82)67(80)66(79)63(58-75)85-73)62(77)56-54-52-50-48-46-44-42-40-38-36-34-28-26-24-22-20-18-16-14-12-10-8-6-4-2/h5,7,11,13,17,19,23,25,46,48,54,56,61-64,66-73,75-77,79-83H,3-4,6,8-10,12,14-16,18,20-22,24,26-45,47,49-53,55,57-60H2,1-2H3,(H,74,78)/b7-5-,13-11-,19-17-,25-23-,48-46+,56-54+. The van der Waals surface area contributed by atoms with Crippen LogP contribution in [0.15, 0.2) is 72.9 Å². The summed E-state index contributed by atoms with van der Waals surface area (Å²) in [5.41, 5.74) is 0. The van der Waals surface area contributed by atoms with Gasteiger partial charge in [-0.3, -0.25) is 4.79 Å². The molecule has 2 heterocycles. The molecule has 2 saturated heterocycles. The maximum absolute atomic E-state index is 13.3. The average Bonchev–Trinajstić information content (AvgIpc) is 1.55. The first-order valence-corrected chi connectivity index (χ1v) is 35.7. The van der Waals surface area contributed by atoms with Crippen LogP contribution in [0.2, 0.25) is 0 Å². The molecule has 0 aromatic heterocycles. The van der Waals surface area contributed by atoms with Crippen molar-refractivity contribution in [1.29, 1.82) is 0 Å². The smallest absolute Gasteiger partial charge is 0.220 e. The van der Waals surface area contributed by atoms with Gasteiger partial charge in [0.15, 0.2) is 12.6 Å². The Morgan fingerprint density at radius 3 is 1.26 bits per heavy atom. The summed E-state index contributed by atoms with van der Waals surface area (Å²) in [4.78, 5) is 13.3. The molecule has 2 rings (SSSR count). The van der Waals surface area contributed by atoms with E-state index in [-0.39, 0.29) is 18.9 Å². The largest absolute Gasteiger partial charge is 0.394 e. The number of hydrogen-bond donors (Lipinski definition) is 9. The molecule has 0 radical (unpaired) electrons. The lowest BCUT2D eigenvalue weighted by Crippen LogP contribution is -2.65. The Kier molecular flexibility index (Phi) is 53.1. The first kappa shape index (κ1) is 80.5. The summed E-state index contributed by atoms with van der Waals surface area (Å²) in [5, 5.41) is 87.5. The summed E-state index contributed by atoms with van der Waals surface area (Å²) in [6.45, 7) is 2.70. The van der Waals surface area contributed by atoms with E-state index in [1.807, 2.05) is 6.08 Å². The lowest BCUT2D eigenvalue weighted by Gasteiger charge is -2.46. The van der Waals surface area contributed by atoms with E-state index in [0.717, 1.165) is 57.8 Å². The van der Waals surface area contributed by atoms with E-state index in [2.05, 4.69) is 79.9 Å². The second-order valence-electron chi connectivity index (χ2n) is 25.0. The van der Waals surface area contributed by atoms with E-state index in [0.29, 0.717) is 12.8 Å². The second-order valence-corrected chi connectivity index (χ2v) is 25.0. The van der Waals surface area contributed by atoms with Crippen LogP contribution in [-0.4, -0.2) is 140 Å². The van der Waals surface area contributed by atoms with Gasteiger partial charge in [0.2, 0.25) is 5.91 Å². The predicted molar refractivity (Wildman–Crippen MR) is 355 cm³/mol. The van der Waals surface area contributed by atoms with E-state index in [9.17, 15) is 45.6 Å². The van der Waals surface area contributed by atoms with Crippen molar-refractivity contribution < 1.29 is 64.6 Å². The minimum absolute atomic E-state index is 0.248. The Bertz CT molecular complexity index is 1740. The molecular formula is C73H131NO13. The summed E-state index contributed by atoms with van der Waals surface area (Å²) in [5.74, 6) is -0.248. The molecule has 2 aliphatic rings. The van der Waals surface area contributed by atoms with Gasteiger partial charge in [-0.25, -0.2) is 0 Å². The van der Waals surface area contributed by atoms with Crippen LogP contribution in [0, 0.1) is 0 Å². The van der Waals surface area contributed by atoms with Crippen LogP contribution >= 0.6 is 0 Å². The van der Waals surface area contributed by atoms with Crippen molar-refractivity contribution >= 4 is 5.91 Å². The fourth-order valence-corrected chi connectivity index (χ4v) is 11.5. The van der Waals surface area contributed by atoms with E-state index in [4.69, 9.17) is 18.9 Å². The van der Waals surface area contributed by atoms with Crippen LogP contribution in [0.5, 0.6) is 0 Å². The lowest BCUT2D eigenvalue weighted by atomic mass is 9.97. The van der Waals surface area contributed by atoms with Gasteiger partial charge in [0, 0.05) is 6.42 Å². The van der Waals surface area contributed by atoms with Gasteiger partial charge in [-0.05, 0) is 70.6 Å². The van der Waals surface area contributed by atoms with Crippen molar-refractivity contribution in [3.63, 3.8) is 0 Å². The van der Waals surface area contributed by atoms with Crippen LogP contribution in [0.4, 0.5) is 0 Å². The van der Waals surface area contributed by atoms with Gasteiger partial charge in [-0.1, -0.05) is 286 Å². The molecule has 12 unspecified atom stereocenters. The van der Waals surface area contributed by atoms with Crippen LogP contribution in [0.3, 0.4) is 0 Å². The number of hydrogen-bond acceptors (Lipinski definition) is 13. The Balaban J connectivity index is 1.68. The number of allylic oxidation sites excluding steroid dienone is 11. The topological polar surface area (TPSA) is 228 Å². The van der Waals surface area contributed by atoms with Crippen molar-refractivity contribution in [2.75, 3.05) is 19.8 Å². The van der Waals surface area contributed by atoms with Gasteiger partial charge in [0.05, 0.1) is 32.0 Å². The van der Waals surface area contributed by atoms with Gasteiger partial charge in [-0.15, -0.1) is 0 Å². The summed E-state index contributed by atoms with van der Waals surface area (Å²) >= 11 is 0. The summed E-state index contributed by atoms with van der Waals surface area (Å²) < 4.78 is 22.9. The summed E-state index contributed by atoms with van der Waals surface area (Å²) in [6.07, 6.45) is 61.0. The second kappa shape index (κ2) is 57.3. The summed E-state index contributed by atoms with van der Waals surface area (Å²) in [6, 6.07) is -0.935. The van der Waals surface area contributed by atoms with Crippen molar-refractivity contribution in [3.8, 4) is 0 Å². The molecule has 506 valence electrons. The maximum Gasteiger partial charge on any atom is 0.220 e. The Hall–Kier alpha value is -2.57. The molecule has 0 aromatic carbocycles. The van der Waals surface area contributed by atoms with Crippen LogP contribution in [0.1, 0.15) is 290 Å². The highest BCUT2D eigenvalue weighted by Gasteiger charge is 2.51. The molecule has 2 fully saturated rings. The highest BCUT2D eigenvalue weighted by atomic mass is 16.7. The maximum atomic E-state index is 13.3. The minimum atomic E-state index is -1.79. The number of carbonyl (C=O) groups is 1. The molecule has 0 aliphatic carbocycles. The quantitative estimate of drug-likeness (QED) is 0.0204. The van der Waals surface area contributed by atoms with Crippen LogP contribution in [-0.2, 0) is 23.7 Å². The first-order chi connectivity index (χ1) is 42.6. The molecule has 2 aliphatic heterocycles. The van der Waals surface area contributed by atoms with Crippen LogP contribution < -0.4 is 5.32 Å². The van der Waals surface area contributed by atoms with E-state index in [1.54, 1.807) is 6.08 Å². The number of aliphatic hydroxyl groups excluding tert-OH is 8. The molecule has 1 amide bonds. The highest BCUT2D eigenvalue weighted by Crippen LogP contribution is 2.30. The van der Waals surface area contributed by atoms with Crippen molar-refractivity contribution in [2.24, 2.45) is 0 Å².